The van der Waals surface area contributed by atoms with Crippen LogP contribution in [0.2, 0.25) is 0 Å². The first kappa shape index (κ1) is 15.1. The van der Waals surface area contributed by atoms with E-state index < -0.39 is 0 Å². The quantitative estimate of drug-likeness (QED) is 0.752. The molecule has 0 bridgehead atoms. The van der Waals surface area contributed by atoms with Crippen LogP contribution in [-0.4, -0.2) is 25.3 Å². The van der Waals surface area contributed by atoms with Crippen molar-refractivity contribution in [3.05, 3.63) is 11.6 Å². The maximum Gasteiger partial charge on any atom is 0.0593 e. The second-order valence-electron chi connectivity index (χ2n) is 6.07. The van der Waals surface area contributed by atoms with E-state index in [-0.39, 0.29) is 0 Å². The molecule has 0 radical (unpaired) electrons. The second-order valence-corrected chi connectivity index (χ2v) is 6.07. The summed E-state index contributed by atoms with van der Waals surface area (Å²) in [5.74, 6) is 0. The Bertz CT molecular complexity index is 268. The third-order valence-corrected chi connectivity index (χ3v) is 4.50. The molecule has 2 rings (SSSR count). The predicted octanol–water partition coefficient (Wildman–Crippen LogP) is 4.20. The Morgan fingerprint density at radius 3 is 2.89 bits per heavy atom. The number of rotatable bonds is 5. The number of ether oxygens (including phenoxy) is 1. The van der Waals surface area contributed by atoms with Crippen LogP contribution in [0, 0.1) is 0 Å². The van der Waals surface area contributed by atoms with Crippen LogP contribution in [0.25, 0.3) is 0 Å². The lowest BCUT2D eigenvalue weighted by molar-refractivity contribution is 0.00715. The largest absolute Gasteiger partial charge is 0.378 e. The minimum absolute atomic E-state index is 0.490. The zero-order chi connectivity index (χ0) is 13.3. The number of nitrogens with one attached hydrogen (secondary N) is 1. The maximum atomic E-state index is 5.93. The lowest BCUT2D eigenvalue weighted by Gasteiger charge is -2.29. The van der Waals surface area contributed by atoms with Crippen molar-refractivity contribution >= 4 is 0 Å². The highest BCUT2D eigenvalue weighted by molar-refractivity contribution is 5.12. The zero-order valence-electron chi connectivity index (χ0n) is 12.6. The molecule has 1 fully saturated rings. The van der Waals surface area contributed by atoms with Crippen molar-refractivity contribution in [1.29, 1.82) is 0 Å². The van der Waals surface area contributed by atoms with Crippen molar-refractivity contribution in [3.63, 3.8) is 0 Å². The summed E-state index contributed by atoms with van der Waals surface area (Å²) in [6.45, 7) is 4.26. The van der Waals surface area contributed by atoms with Gasteiger partial charge in [0.2, 0.25) is 0 Å². The lowest BCUT2D eigenvalue weighted by atomic mass is 9.90. The van der Waals surface area contributed by atoms with Crippen molar-refractivity contribution in [2.75, 3.05) is 13.2 Å². The molecule has 2 atom stereocenters. The van der Waals surface area contributed by atoms with Crippen LogP contribution in [0.15, 0.2) is 11.6 Å². The van der Waals surface area contributed by atoms with Crippen LogP contribution in [0.4, 0.5) is 0 Å². The van der Waals surface area contributed by atoms with Gasteiger partial charge in [-0.15, -0.1) is 0 Å². The number of hydrogen-bond donors (Lipinski definition) is 1. The van der Waals surface area contributed by atoms with Crippen LogP contribution in [-0.2, 0) is 4.74 Å². The molecule has 1 saturated heterocycles. The second kappa shape index (κ2) is 8.76. The topological polar surface area (TPSA) is 21.3 Å². The van der Waals surface area contributed by atoms with Gasteiger partial charge in [0, 0.05) is 12.6 Å². The SMILES string of the molecule is CCNC(CC1CCCCO1)C1=CCCCCCC1. The molecule has 0 saturated carbocycles. The molecule has 2 unspecified atom stereocenters. The first-order valence-corrected chi connectivity index (χ1v) is 8.44. The van der Waals surface area contributed by atoms with Crippen LogP contribution < -0.4 is 5.32 Å². The van der Waals surface area contributed by atoms with Crippen molar-refractivity contribution in [3.8, 4) is 0 Å². The maximum absolute atomic E-state index is 5.93. The van der Waals surface area contributed by atoms with Crippen LogP contribution in [0.1, 0.15) is 71.1 Å². The van der Waals surface area contributed by atoms with Gasteiger partial charge in [0.25, 0.3) is 0 Å². The molecule has 1 aliphatic carbocycles. The Hall–Kier alpha value is -0.340. The third-order valence-electron chi connectivity index (χ3n) is 4.50. The number of hydrogen-bond acceptors (Lipinski definition) is 2. The van der Waals surface area contributed by atoms with Crippen LogP contribution in [0.3, 0.4) is 0 Å². The van der Waals surface area contributed by atoms with Crippen molar-refractivity contribution < 1.29 is 4.74 Å². The molecule has 0 spiro atoms. The zero-order valence-corrected chi connectivity index (χ0v) is 12.6. The van der Waals surface area contributed by atoms with Gasteiger partial charge in [-0.1, -0.05) is 31.4 Å². The molecule has 19 heavy (non-hydrogen) atoms. The predicted molar refractivity (Wildman–Crippen MR) is 81.5 cm³/mol. The Balaban J connectivity index is 1.92. The monoisotopic (exact) mass is 265 g/mol. The summed E-state index contributed by atoms with van der Waals surface area (Å²) in [4.78, 5) is 0. The Morgan fingerprint density at radius 2 is 2.11 bits per heavy atom. The summed E-state index contributed by atoms with van der Waals surface area (Å²) in [6.07, 6.45) is 16.2. The summed E-state index contributed by atoms with van der Waals surface area (Å²) in [6, 6.07) is 0.561. The van der Waals surface area contributed by atoms with E-state index >= 15 is 0 Å². The van der Waals surface area contributed by atoms with Crippen molar-refractivity contribution in [2.24, 2.45) is 0 Å². The minimum Gasteiger partial charge on any atom is -0.378 e. The molecule has 0 aromatic carbocycles. The molecule has 1 heterocycles. The van der Waals surface area contributed by atoms with E-state index in [1.165, 1.54) is 64.2 Å². The Morgan fingerprint density at radius 1 is 1.21 bits per heavy atom. The van der Waals surface area contributed by atoms with Gasteiger partial charge in [0.15, 0.2) is 0 Å². The molecule has 2 aliphatic rings. The van der Waals surface area contributed by atoms with Crippen LogP contribution in [0.5, 0.6) is 0 Å². The average Bonchev–Trinajstić information content (AvgIpc) is 2.39. The lowest BCUT2D eigenvalue weighted by Crippen LogP contribution is -2.36. The fourth-order valence-electron chi connectivity index (χ4n) is 3.40. The van der Waals surface area contributed by atoms with Gasteiger partial charge in [0.05, 0.1) is 6.10 Å². The fourth-order valence-corrected chi connectivity index (χ4v) is 3.40. The van der Waals surface area contributed by atoms with E-state index in [2.05, 4.69) is 18.3 Å². The molecule has 2 heteroatoms. The minimum atomic E-state index is 0.490. The molecule has 0 aromatic rings. The van der Waals surface area contributed by atoms with Gasteiger partial charge >= 0.3 is 0 Å². The number of likely N-dealkylation sites (N-methyl/N-ethyl adjacent to an activating group) is 1. The standard InChI is InChI=1S/C17H31NO/c1-2-18-17(14-16-12-8-9-13-19-16)15-10-6-4-3-5-7-11-15/h10,16-18H,2-9,11-14H2,1H3. The molecule has 0 aromatic heterocycles. The van der Waals surface area contributed by atoms with E-state index in [4.69, 9.17) is 4.74 Å². The summed E-state index contributed by atoms with van der Waals surface area (Å²) in [5, 5.41) is 3.70. The molecule has 1 N–H and O–H groups in total. The summed E-state index contributed by atoms with van der Waals surface area (Å²) in [7, 11) is 0. The highest BCUT2D eigenvalue weighted by Gasteiger charge is 2.21. The summed E-state index contributed by atoms with van der Waals surface area (Å²) >= 11 is 0. The smallest absolute Gasteiger partial charge is 0.0593 e. The van der Waals surface area contributed by atoms with Gasteiger partial charge < -0.3 is 10.1 Å². The van der Waals surface area contributed by atoms with Gasteiger partial charge in [0.1, 0.15) is 0 Å². The first-order valence-electron chi connectivity index (χ1n) is 8.44. The molecule has 2 nitrogen and oxygen atoms in total. The highest BCUT2D eigenvalue weighted by Crippen LogP contribution is 2.25. The summed E-state index contributed by atoms with van der Waals surface area (Å²) < 4.78 is 5.93. The fraction of sp³-hybridized carbons (Fsp3) is 0.882. The third kappa shape index (κ3) is 5.27. The molecule has 110 valence electrons. The van der Waals surface area contributed by atoms with Gasteiger partial charge in [-0.05, 0) is 57.9 Å². The normalized spacial score (nSPS) is 27.2. The van der Waals surface area contributed by atoms with Crippen molar-refractivity contribution in [2.45, 2.75) is 83.3 Å². The van der Waals surface area contributed by atoms with Gasteiger partial charge in [-0.25, -0.2) is 0 Å². The highest BCUT2D eigenvalue weighted by atomic mass is 16.5. The summed E-state index contributed by atoms with van der Waals surface area (Å²) in [5.41, 5.74) is 1.66. The Kier molecular flexibility index (Phi) is 6.94. The average molecular weight is 265 g/mol. The van der Waals surface area contributed by atoms with Crippen molar-refractivity contribution in [1.82, 2.24) is 5.32 Å². The first-order chi connectivity index (χ1) is 9.40. The van der Waals surface area contributed by atoms with E-state index in [1.54, 1.807) is 5.57 Å². The van der Waals surface area contributed by atoms with E-state index in [0.717, 1.165) is 13.2 Å². The molecule has 1 aliphatic heterocycles. The number of allylic oxidation sites excluding steroid dienone is 1. The molecule has 0 amide bonds. The van der Waals surface area contributed by atoms with E-state index in [1.807, 2.05) is 0 Å². The van der Waals surface area contributed by atoms with E-state index in [0.29, 0.717) is 12.1 Å². The molecular weight excluding hydrogens is 234 g/mol. The Labute approximate surface area is 119 Å². The van der Waals surface area contributed by atoms with Crippen LogP contribution >= 0.6 is 0 Å². The van der Waals surface area contributed by atoms with Gasteiger partial charge in [-0.3, -0.25) is 0 Å². The van der Waals surface area contributed by atoms with E-state index in [9.17, 15) is 0 Å². The molecular formula is C17H31NO. The van der Waals surface area contributed by atoms with Gasteiger partial charge in [-0.2, -0.15) is 0 Å².